The van der Waals surface area contributed by atoms with Crippen LogP contribution in [0, 0.1) is 0 Å². The van der Waals surface area contributed by atoms with Crippen molar-refractivity contribution < 1.29 is 9.59 Å². The third-order valence-corrected chi connectivity index (χ3v) is 4.11. The van der Waals surface area contributed by atoms with E-state index in [9.17, 15) is 9.59 Å². The zero-order valence-electron chi connectivity index (χ0n) is 14.2. The highest BCUT2D eigenvalue weighted by Crippen LogP contribution is 2.19. The van der Waals surface area contributed by atoms with Crippen LogP contribution in [-0.4, -0.2) is 63.0 Å². The first-order valence-corrected chi connectivity index (χ1v) is 8.17. The summed E-state index contributed by atoms with van der Waals surface area (Å²) in [4.78, 5) is 27.7. The second-order valence-electron chi connectivity index (χ2n) is 5.47. The molecule has 0 bridgehead atoms. The number of hydrogen-bond acceptors (Lipinski definition) is 4. The lowest BCUT2D eigenvalue weighted by atomic mass is 10.2. The van der Waals surface area contributed by atoms with Crippen molar-refractivity contribution in [3.63, 3.8) is 0 Å². The van der Waals surface area contributed by atoms with Crippen molar-refractivity contribution in [2.75, 3.05) is 51.2 Å². The molecular formula is C16H25Cl3N4O2. The topological polar surface area (TPSA) is 64.7 Å². The molecule has 0 radical (unpaired) electrons. The molecule has 1 aromatic rings. The molecule has 9 heteroatoms. The van der Waals surface area contributed by atoms with Gasteiger partial charge in [0.15, 0.2) is 0 Å². The van der Waals surface area contributed by atoms with Gasteiger partial charge < -0.3 is 20.4 Å². The van der Waals surface area contributed by atoms with E-state index in [4.69, 9.17) is 11.6 Å². The highest BCUT2D eigenvalue weighted by molar-refractivity contribution is 6.30. The van der Waals surface area contributed by atoms with Gasteiger partial charge in [0.2, 0.25) is 11.8 Å². The number of piperazine rings is 1. The zero-order valence-corrected chi connectivity index (χ0v) is 16.6. The lowest BCUT2D eigenvalue weighted by Gasteiger charge is -2.36. The van der Waals surface area contributed by atoms with Crippen LogP contribution in [0.25, 0.3) is 0 Å². The molecule has 0 atom stereocenters. The molecular weight excluding hydrogens is 387 g/mol. The van der Waals surface area contributed by atoms with Crippen LogP contribution in [0.2, 0.25) is 5.02 Å². The van der Waals surface area contributed by atoms with Crippen molar-refractivity contribution in [2.45, 2.75) is 6.42 Å². The summed E-state index contributed by atoms with van der Waals surface area (Å²) in [6.07, 6.45) is 0.383. The molecule has 142 valence electrons. The van der Waals surface area contributed by atoms with Crippen LogP contribution in [0.5, 0.6) is 0 Å². The van der Waals surface area contributed by atoms with Crippen LogP contribution in [0.3, 0.4) is 0 Å². The van der Waals surface area contributed by atoms with Crippen LogP contribution < -0.4 is 15.5 Å². The lowest BCUT2D eigenvalue weighted by Crippen LogP contribution is -2.51. The minimum atomic E-state index is -0.104. The number of anilines is 1. The van der Waals surface area contributed by atoms with Gasteiger partial charge in [0.1, 0.15) is 0 Å². The Labute approximate surface area is 166 Å². The van der Waals surface area contributed by atoms with Gasteiger partial charge in [-0.2, -0.15) is 0 Å². The largest absolute Gasteiger partial charge is 0.368 e. The van der Waals surface area contributed by atoms with Gasteiger partial charge >= 0.3 is 0 Å². The fourth-order valence-electron chi connectivity index (χ4n) is 2.48. The Morgan fingerprint density at radius 1 is 1.08 bits per heavy atom. The van der Waals surface area contributed by atoms with Gasteiger partial charge in [-0.15, -0.1) is 24.8 Å². The Morgan fingerprint density at radius 3 is 2.24 bits per heavy atom. The zero-order chi connectivity index (χ0) is 16.7. The summed E-state index contributed by atoms with van der Waals surface area (Å²) >= 11 is 5.90. The van der Waals surface area contributed by atoms with Crippen molar-refractivity contribution in [2.24, 2.45) is 0 Å². The minimum Gasteiger partial charge on any atom is -0.368 e. The van der Waals surface area contributed by atoms with E-state index in [-0.39, 0.29) is 43.2 Å². The van der Waals surface area contributed by atoms with Crippen molar-refractivity contribution in [1.29, 1.82) is 0 Å². The first kappa shape index (κ1) is 23.8. The van der Waals surface area contributed by atoms with Gasteiger partial charge in [-0.05, 0) is 31.3 Å². The predicted octanol–water partition coefficient (Wildman–Crippen LogP) is 1.56. The third kappa shape index (κ3) is 7.69. The van der Waals surface area contributed by atoms with E-state index in [0.717, 1.165) is 23.8 Å². The number of benzene rings is 1. The van der Waals surface area contributed by atoms with E-state index in [0.29, 0.717) is 26.1 Å². The number of hydrogen-bond donors (Lipinski definition) is 2. The van der Waals surface area contributed by atoms with Crippen molar-refractivity contribution in [1.82, 2.24) is 15.5 Å². The molecule has 0 unspecified atom stereocenters. The molecule has 1 aromatic carbocycles. The number of amides is 2. The Hall–Kier alpha value is -1.21. The highest BCUT2D eigenvalue weighted by Gasteiger charge is 2.21. The summed E-state index contributed by atoms with van der Waals surface area (Å²) in [5, 5.41) is 6.29. The molecule has 1 heterocycles. The molecule has 1 fully saturated rings. The summed E-state index contributed by atoms with van der Waals surface area (Å²) in [5.74, 6) is -0.133. The predicted molar refractivity (Wildman–Crippen MR) is 106 cm³/mol. The normalized spacial score (nSPS) is 13.5. The van der Waals surface area contributed by atoms with Gasteiger partial charge in [0, 0.05) is 49.9 Å². The monoisotopic (exact) mass is 410 g/mol. The van der Waals surface area contributed by atoms with Crippen molar-refractivity contribution >= 4 is 53.9 Å². The van der Waals surface area contributed by atoms with Gasteiger partial charge in [-0.3, -0.25) is 9.59 Å². The van der Waals surface area contributed by atoms with Crippen LogP contribution in [-0.2, 0) is 9.59 Å². The van der Waals surface area contributed by atoms with Gasteiger partial charge in [0.05, 0.1) is 6.54 Å². The SMILES string of the molecule is CNCCC(=O)NCC(=O)N1CCN(c2ccc(Cl)cc2)CC1.Cl.Cl. The van der Waals surface area contributed by atoms with E-state index < -0.39 is 0 Å². The maximum absolute atomic E-state index is 12.1. The Kier molecular flexibility index (Phi) is 11.6. The van der Waals surface area contributed by atoms with Gasteiger partial charge in [0.25, 0.3) is 0 Å². The number of nitrogens with one attached hydrogen (secondary N) is 2. The number of nitrogens with zero attached hydrogens (tertiary/aromatic N) is 2. The molecule has 0 spiro atoms. The number of rotatable bonds is 6. The summed E-state index contributed by atoms with van der Waals surface area (Å²) in [5.41, 5.74) is 1.11. The van der Waals surface area contributed by atoms with E-state index in [1.54, 1.807) is 11.9 Å². The van der Waals surface area contributed by atoms with Crippen LogP contribution in [0.15, 0.2) is 24.3 Å². The van der Waals surface area contributed by atoms with Crippen LogP contribution in [0.4, 0.5) is 5.69 Å². The average Bonchev–Trinajstić information content (AvgIpc) is 2.58. The quantitative estimate of drug-likeness (QED) is 0.745. The summed E-state index contributed by atoms with van der Waals surface area (Å²) in [7, 11) is 1.79. The maximum atomic E-state index is 12.1. The molecule has 0 saturated carbocycles. The van der Waals surface area contributed by atoms with Gasteiger partial charge in [-0.25, -0.2) is 0 Å². The first-order chi connectivity index (χ1) is 11.1. The molecule has 2 N–H and O–H groups in total. The maximum Gasteiger partial charge on any atom is 0.242 e. The molecule has 0 aromatic heterocycles. The Bertz CT molecular complexity index is 535. The molecule has 2 amide bonds. The summed E-state index contributed by atoms with van der Waals surface area (Å²) in [6, 6.07) is 7.72. The van der Waals surface area contributed by atoms with Crippen LogP contribution >= 0.6 is 36.4 Å². The second-order valence-corrected chi connectivity index (χ2v) is 5.91. The summed E-state index contributed by atoms with van der Waals surface area (Å²) in [6.45, 7) is 3.56. The minimum absolute atomic E-state index is 0. The Morgan fingerprint density at radius 2 is 1.68 bits per heavy atom. The molecule has 1 saturated heterocycles. The fourth-order valence-corrected chi connectivity index (χ4v) is 2.60. The lowest BCUT2D eigenvalue weighted by molar-refractivity contribution is -0.133. The summed E-state index contributed by atoms with van der Waals surface area (Å²) < 4.78 is 0. The van der Waals surface area contributed by atoms with Crippen LogP contribution in [0.1, 0.15) is 6.42 Å². The second kappa shape index (κ2) is 12.2. The van der Waals surface area contributed by atoms with E-state index in [1.165, 1.54) is 0 Å². The van der Waals surface area contributed by atoms with E-state index >= 15 is 0 Å². The molecule has 25 heavy (non-hydrogen) atoms. The standard InChI is InChI=1S/C16H23ClN4O2.2ClH/c1-18-7-6-15(22)19-12-16(23)21-10-8-20(9-11-21)14-4-2-13(17)3-5-14;;/h2-5,18H,6-12H2,1H3,(H,19,22);2*1H. The van der Waals surface area contributed by atoms with Gasteiger partial charge in [-0.1, -0.05) is 11.6 Å². The highest BCUT2D eigenvalue weighted by atomic mass is 35.5. The average molecular weight is 412 g/mol. The van der Waals surface area contributed by atoms with Crippen molar-refractivity contribution in [3.05, 3.63) is 29.3 Å². The van der Waals surface area contributed by atoms with E-state index in [2.05, 4.69) is 15.5 Å². The molecule has 1 aliphatic rings. The van der Waals surface area contributed by atoms with Crippen molar-refractivity contribution in [3.8, 4) is 0 Å². The molecule has 2 rings (SSSR count). The molecule has 6 nitrogen and oxygen atoms in total. The number of carbonyl (C=O) groups excluding carboxylic acids is 2. The number of carbonyl (C=O) groups is 2. The molecule has 0 aliphatic carbocycles. The fraction of sp³-hybridized carbons (Fsp3) is 0.500. The first-order valence-electron chi connectivity index (χ1n) is 7.79. The third-order valence-electron chi connectivity index (χ3n) is 3.86. The smallest absolute Gasteiger partial charge is 0.242 e. The molecule has 1 aliphatic heterocycles. The Balaban J connectivity index is 0.00000288. The van der Waals surface area contributed by atoms with E-state index in [1.807, 2.05) is 24.3 Å². The number of halogens is 3.